The number of esters is 1. The maximum atomic E-state index is 13.5. The fourth-order valence-electron chi connectivity index (χ4n) is 3.61. The quantitative estimate of drug-likeness (QED) is 0.136. The summed E-state index contributed by atoms with van der Waals surface area (Å²) in [6.07, 6.45) is 1.35. The van der Waals surface area contributed by atoms with Crippen LogP contribution in [0.2, 0.25) is 18.1 Å². The van der Waals surface area contributed by atoms with Crippen molar-refractivity contribution < 1.29 is 28.2 Å². The first-order valence-electron chi connectivity index (χ1n) is 10.4. The van der Waals surface area contributed by atoms with Gasteiger partial charge in [0.25, 0.3) is 11.6 Å². The van der Waals surface area contributed by atoms with Gasteiger partial charge >= 0.3 is 5.97 Å². The monoisotopic (exact) mass is 514 g/mol. The predicted octanol–water partition coefficient (Wildman–Crippen LogP) is 5.43. The van der Waals surface area contributed by atoms with Crippen molar-refractivity contribution in [3.63, 3.8) is 0 Å². The molecule has 8 heteroatoms. The number of carbonyl (C=O) groups excluding carboxylic acids is 1. The first kappa shape index (κ1) is 26.2. The average Bonchev–Trinajstić information content (AvgIpc) is 2.70. The molecule has 0 spiro atoms. The Labute approximate surface area is 195 Å². The van der Waals surface area contributed by atoms with E-state index >= 15 is 0 Å². The van der Waals surface area contributed by atoms with E-state index in [1.54, 1.807) is 26.4 Å². The minimum Gasteiger partial charge on any atom is -0.423 e. The van der Waals surface area contributed by atoms with Gasteiger partial charge in [0.1, 0.15) is 11.3 Å². The molecule has 0 radical (unpaired) electrons. The van der Waals surface area contributed by atoms with Crippen LogP contribution in [-0.4, -0.2) is 52.5 Å². The Kier molecular flexibility index (Phi) is 8.33. The maximum absolute atomic E-state index is 13.5. The lowest BCUT2D eigenvalue weighted by Gasteiger charge is -2.59. The SMILES string of the molecule is COC1(OC)C(CCCBr)=C(C(=O)Oc2ccccc2)C1(OC)O[Si](C)(C)C(C)(C)C. The highest BCUT2D eigenvalue weighted by Gasteiger charge is 2.73. The van der Waals surface area contributed by atoms with Crippen LogP contribution >= 0.6 is 15.9 Å². The number of halogens is 1. The molecule has 1 unspecified atom stereocenters. The number of carbonyl (C=O) groups is 1. The van der Waals surface area contributed by atoms with Crippen LogP contribution in [0, 0.1) is 0 Å². The number of rotatable bonds is 10. The Morgan fingerprint density at radius 1 is 1.00 bits per heavy atom. The largest absolute Gasteiger partial charge is 0.423 e. The topological polar surface area (TPSA) is 63.2 Å². The van der Waals surface area contributed by atoms with E-state index in [1.807, 2.05) is 18.2 Å². The normalized spacial score (nSPS) is 21.1. The van der Waals surface area contributed by atoms with Crippen molar-refractivity contribution in [3.8, 4) is 5.75 Å². The summed E-state index contributed by atoms with van der Waals surface area (Å²) in [5, 5.41) is 0.635. The van der Waals surface area contributed by atoms with Crippen LogP contribution in [0.25, 0.3) is 0 Å². The standard InChI is InChI=1S/C23H35BrO6Si/c1-21(2,3)31(7,8)30-23(28-6)19(20(25)29-17-13-10-9-11-14-17)18(15-12-16-24)22(23,26-4)27-5/h9-11,13-14H,12,15-16H2,1-8H3. The summed E-state index contributed by atoms with van der Waals surface area (Å²) in [5.74, 6) is -2.96. The van der Waals surface area contributed by atoms with Crippen LogP contribution in [-0.2, 0) is 23.4 Å². The molecule has 0 saturated heterocycles. The van der Waals surface area contributed by atoms with Gasteiger partial charge < -0.3 is 23.4 Å². The van der Waals surface area contributed by atoms with Gasteiger partial charge in [-0.25, -0.2) is 4.79 Å². The maximum Gasteiger partial charge on any atom is 0.345 e. The van der Waals surface area contributed by atoms with Crippen LogP contribution in [0.4, 0.5) is 0 Å². The minimum atomic E-state index is -2.43. The second-order valence-electron chi connectivity index (χ2n) is 9.06. The van der Waals surface area contributed by atoms with Gasteiger partial charge in [0, 0.05) is 32.2 Å². The van der Waals surface area contributed by atoms with E-state index in [0.29, 0.717) is 23.3 Å². The predicted molar refractivity (Wildman–Crippen MR) is 127 cm³/mol. The molecule has 1 aromatic carbocycles. The van der Waals surface area contributed by atoms with Gasteiger partial charge in [-0.15, -0.1) is 0 Å². The second-order valence-corrected chi connectivity index (χ2v) is 14.6. The van der Waals surface area contributed by atoms with Gasteiger partial charge in [-0.05, 0) is 43.1 Å². The van der Waals surface area contributed by atoms with E-state index in [9.17, 15) is 4.79 Å². The lowest BCUT2D eigenvalue weighted by atomic mass is 9.72. The molecule has 31 heavy (non-hydrogen) atoms. The van der Waals surface area contributed by atoms with Crippen LogP contribution in [0.1, 0.15) is 33.6 Å². The lowest BCUT2D eigenvalue weighted by molar-refractivity contribution is -0.360. The molecule has 0 heterocycles. The summed E-state index contributed by atoms with van der Waals surface area (Å²) in [7, 11) is 2.16. The first-order chi connectivity index (χ1) is 14.5. The summed E-state index contributed by atoms with van der Waals surface area (Å²) in [4.78, 5) is 13.5. The molecule has 1 aliphatic carbocycles. The molecule has 0 saturated carbocycles. The third-order valence-electron chi connectivity index (χ3n) is 6.25. The number of ether oxygens (including phenoxy) is 4. The molecule has 1 aliphatic rings. The van der Waals surface area contributed by atoms with Gasteiger partial charge in [0.15, 0.2) is 8.32 Å². The zero-order valence-electron chi connectivity index (χ0n) is 19.8. The molecular formula is C23H35BrO6Si. The summed E-state index contributed by atoms with van der Waals surface area (Å²) in [6, 6.07) is 8.96. The van der Waals surface area contributed by atoms with Crippen molar-refractivity contribution in [2.75, 3.05) is 26.7 Å². The first-order valence-corrected chi connectivity index (χ1v) is 14.4. The Balaban J connectivity index is 2.65. The van der Waals surface area contributed by atoms with Crippen molar-refractivity contribution in [2.24, 2.45) is 0 Å². The van der Waals surface area contributed by atoms with E-state index in [1.165, 1.54) is 7.11 Å². The smallest absolute Gasteiger partial charge is 0.345 e. The van der Waals surface area contributed by atoms with E-state index in [-0.39, 0.29) is 5.04 Å². The van der Waals surface area contributed by atoms with Crippen molar-refractivity contribution in [3.05, 3.63) is 41.5 Å². The number of methoxy groups -OCH3 is 3. The summed E-state index contributed by atoms with van der Waals surface area (Å²) in [6.45, 7) is 10.6. The molecule has 0 N–H and O–H groups in total. The van der Waals surface area contributed by atoms with Crippen molar-refractivity contribution in [2.45, 2.75) is 63.3 Å². The molecule has 0 aromatic heterocycles. The van der Waals surface area contributed by atoms with Crippen molar-refractivity contribution >= 4 is 30.2 Å². The molecule has 2 rings (SSSR count). The Morgan fingerprint density at radius 3 is 2.00 bits per heavy atom. The molecule has 0 fully saturated rings. The van der Waals surface area contributed by atoms with Gasteiger partial charge in [0.2, 0.25) is 0 Å². The molecule has 1 atom stereocenters. The van der Waals surface area contributed by atoms with E-state index in [0.717, 1.165) is 11.8 Å². The summed E-state index contributed by atoms with van der Waals surface area (Å²) >= 11 is 3.47. The van der Waals surface area contributed by atoms with E-state index < -0.39 is 25.9 Å². The summed E-state index contributed by atoms with van der Waals surface area (Å²) < 4.78 is 30.2. The van der Waals surface area contributed by atoms with Crippen molar-refractivity contribution in [1.29, 1.82) is 0 Å². The highest BCUT2D eigenvalue weighted by atomic mass is 79.9. The highest BCUT2D eigenvalue weighted by molar-refractivity contribution is 9.09. The molecule has 0 amide bonds. The van der Waals surface area contributed by atoms with Gasteiger partial charge in [-0.3, -0.25) is 0 Å². The van der Waals surface area contributed by atoms with E-state index in [4.69, 9.17) is 23.4 Å². The highest BCUT2D eigenvalue weighted by Crippen LogP contribution is 2.58. The van der Waals surface area contributed by atoms with Crippen LogP contribution < -0.4 is 4.74 Å². The Morgan fingerprint density at radius 2 is 1.55 bits per heavy atom. The van der Waals surface area contributed by atoms with Gasteiger partial charge in [0.05, 0.1) is 0 Å². The zero-order chi connectivity index (χ0) is 23.5. The fraction of sp³-hybridized carbons (Fsp3) is 0.609. The van der Waals surface area contributed by atoms with Crippen LogP contribution in [0.15, 0.2) is 41.5 Å². The van der Waals surface area contributed by atoms with Crippen LogP contribution in [0.3, 0.4) is 0 Å². The van der Waals surface area contributed by atoms with Crippen molar-refractivity contribution in [1.82, 2.24) is 0 Å². The molecule has 6 nitrogen and oxygen atoms in total. The fourth-order valence-corrected chi connectivity index (χ4v) is 5.23. The zero-order valence-corrected chi connectivity index (χ0v) is 22.4. The molecular weight excluding hydrogens is 480 g/mol. The molecule has 0 bridgehead atoms. The lowest BCUT2D eigenvalue weighted by Crippen LogP contribution is -2.73. The Bertz CT molecular complexity index is 798. The number of hydrogen-bond donors (Lipinski definition) is 0. The van der Waals surface area contributed by atoms with Gasteiger partial charge in [-0.1, -0.05) is 54.9 Å². The Hall–Kier alpha value is -1.03. The summed E-state index contributed by atoms with van der Waals surface area (Å²) in [5.41, 5.74) is 0.992. The number of alkyl halides is 1. The molecule has 0 aliphatic heterocycles. The third kappa shape index (κ3) is 4.56. The van der Waals surface area contributed by atoms with Gasteiger partial charge in [-0.2, -0.15) is 0 Å². The number of benzene rings is 1. The number of hydrogen-bond acceptors (Lipinski definition) is 6. The number of para-hydroxylation sites is 1. The third-order valence-corrected chi connectivity index (χ3v) is 11.2. The second kappa shape index (κ2) is 9.85. The van der Waals surface area contributed by atoms with E-state index in [2.05, 4.69) is 49.8 Å². The molecule has 1 aromatic rings. The van der Waals surface area contributed by atoms with Crippen LogP contribution in [0.5, 0.6) is 5.75 Å². The average molecular weight is 516 g/mol. The minimum absolute atomic E-state index is 0.133. The molecule has 174 valence electrons.